The maximum atomic E-state index is 12.0. The van der Waals surface area contributed by atoms with Crippen LogP contribution in [0.3, 0.4) is 0 Å². The number of ether oxygens (including phenoxy) is 1. The summed E-state index contributed by atoms with van der Waals surface area (Å²) < 4.78 is 31.1. The lowest BCUT2D eigenvalue weighted by atomic mass is 10.2. The van der Waals surface area contributed by atoms with Crippen LogP contribution in [0.4, 0.5) is 0 Å². The number of pyridine rings is 1. The second-order valence-corrected chi connectivity index (χ2v) is 6.75. The molecule has 0 aliphatic carbocycles. The third kappa shape index (κ3) is 1.59. The van der Waals surface area contributed by atoms with Gasteiger partial charge in [-0.15, -0.1) is 0 Å². The molecule has 2 aromatic rings. The normalized spacial score (nSPS) is 22.4. The Kier molecular flexibility index (Phi) is 2.55. The van der Waals surface area contributed by atoms with Gasteiger partial charge >= 0.3 is 0 Å². The predicted octanol–water partition coefficient (Wildman–Crippen LogP) is 1.59. The van der Waals surface area contributed by atoms with Crippen LogP contribution in [0.25, 0.3) is 5.52 Å². The van der Waals surface area contributed by atoms with Crippen LogP contribution in [0, 0.1) is 0 Å². The van der Waals surface area contributed by atoms with E-state index in [0.717, 1.165) is 5.52 Å². The maximum absolute atomic E-state index is 12.0. The molecule has 0 spiro atoms. The Balaban J connectivity index is 2.24. The van der Waals surface area contributed by atoms with Gasteiger partial charge in [-0.25, -0.2) is 13.4 Å². The summed E-state index contributed by atoms with van der Waals surface area (Å²) >= 11 is 0. The zero-order chi connectivity index (χ0) is 12.8. The van der Waals surface area contributed by atoms with E-state index in [1.54, 1.807) is 23.8 Å². The van der Waals surface area contributed by atoms with Crippen LogP contribution in [0.2, 0.25) is 0 Å². The molecule has 0 N–H and O–H groups in total. The molecule has 1 saturated heterocycles. The number of imidazole rings is 1. The van der Waals surface area contributed by atoms with Crippen molar-refractivity contribution in [1.29, 1.82) is 0 Å². The molecule has 96 valence electrons. The van der Waals surface area contributed by atoms with Crippen molar-refractivity contribution in [2.45, 2.75) is 18.1 Å². The number of rotatable bonds is 2. The molecule has 5 nitrogen and oxygen atoms in total. The quantitative estimate of drug-likeness (QED) is 0.828. The minimum absolute atomic E-state index is 0.252. The molecule has 0 saturated carbocycles. The van der Waals surface area contributed by atoms with Gasteiger partial charge in [-0.3, -0.25) is 4.40 Å². The lowest BCUT2D eigenvalue weighted by Gasteiger charge is -2.11. The number of sulfone groups is 1. The molecule has 3 rings (SSSR count). The van der Waals surface area contributed by atoms with Crippen molar-refractivity contribution in [3.8, 4) is 5.88 Å². The maximum Gasteiger partial charge on any atom is 0.199 e. The van der Waals surface area contributed by atoms with E-state index in [1.165, 1.54) is 0 Å². The van der Waals surface area contributed by atoms with E-state index >= 15 is 0 Å². The largest absolute Gasteiger partial charge is 0.482 e. The summed E-state index contributed by atoms with van der Waals surface area (Å²) in [6.07, 6.45) is 3.03. The molecule has 18 heavy (non-hydrogen) atoms. The Morgan fingerprint density at radius 3 is 2.94 bits per heavy atom. The Bertz CT molecular complexity index is 690. The standard InChI is InChI=1S/C12H14N2O3S/c1-17-11-6-2-4-9-8-13-12(14(9)11)10-5-3-7-18(10,15)16/h2,4,6,8,10H,3,5,7H2,1H3. The summed E-state index contributed by atoms with van der Waals surface area (Å²) in [5, 5.41) is -0.503. The van der Waals surface area contributed by atoms with Crippen molar-refractivity contribution in [2.24, 2.45) is 0 Å². The molecule has 0 bridgehead atoms. The number of hydrogen-bond acceptors (Lipinski definition) is 4. The van der Waals surface area contributed by atoms with Crippen molar-refractivity contribution in [3.63, 3.8) is 0 Å². The summed E-state index contributed by atoms with van der Waals surface area (Å²) in [6.45, 7) is 0. The van der Waals surface area contributed by atoms with Crippen LogP contribution in [-0.4, -0.2) is 30.7 Å². The first-order chi connectivity index (χ1) is 8.63. The van der Waals surface area contributed by atoms with Gasteiger partial charge in [-0.2, -0.15) is 0 Å². The minimum Gasteiger partial charge on any atom is -0.482 e. The first-order valence-corrected chi connectivity index (χ1v) is 7.57. The van der Waals surface area contributed by atoms with Crippen LogP contribution < -0.4 is 4.74 Å². The van der Waals surface area contributed by atoms with Gasteiger partial charge in [0.1, 0.15) is 11.1 Å². The Labute approximate surface area is 105 Å². The summed E-state index contributed by atoms with van der Waals surface area (Å²) in [4.78, 5) is 4.29. The van der Waals surface area contributed by atoms with Gasteiger partial charge in [-0.1, -0.05) is 6.07 Å². The molecular formula is C12H14N2O3S. The second kappa shape index (κ2) is 3.98. The van der Waals surface area contributed by atoms with Gasteiger partial charge in [0.15, 0.2) is 15.7 Å². The zero-order valence-corrected chi connectivity index (χ0v) is 10.9. The zero-order valence-electron chi connectivity index (χ0n) is 10.0. The average molecular weight is 266 g/mol. The Morgan fingerprint density at radius 2 is 2.28 bits per heavy atom. The number of methoxy groups -OCH3 is 1. The SMILES string of the molecule is COc1cccc2cnc(C3CCCS3(=O)=O)n12. The number of fused-ring (bicyclic) bond motifs is 1. The van der Waals surface area contributed by atoms with Gasteiger partial charge in [0.05, 0.1) is 24.6 Å². The molecule has 1 aliphatic rings. The van der Waals surface area contributed by atoms with E-state index < -0.39 is 15.1 Å². The van der Waals surface area contributed by atoms with Gasteiger partial charge in [-0.05, 0) is 25.0 Å². The highest BCUT2D eigenvalue weighted by Gasteiger charge is 2.36. The third-order valence-electron chi connectivity index (χ3n) is 3.37. The van der Waals surface area contributed by atoms with E-state index in [4.69, 9.17) is 4.74 Å². The van der Waals surface area contributed by atoms with Crippen LogP contribution in [-0.2, 0) is 9.84 Å². The number of hydrogen-bond donors (Lipinski definition) is 0. The van der Waals surface area contributed by atoms with Gasteiger partial charge in [0.2, 0.25) is 0 Å². The second-order valence-electron chi connectivity index (χ2n) is 4.44. The third-order valence-corrected chi connectivity index (χ3v) is 5.54. The van der Waals surface area contributed by atoms with E-state index in [9.17, 15) is 8.42 Å². The lowest BCUT2D eigenvalue weighted by molar-refractivity contribution is 0.389. The molecule has 3 heterocycles. The Morgan fingerprint density at radius 1 is 1.44 bits per heavy atom. The fraction of sp³-hybridized carbons (Fsp3) is 0.417. The van der Waals surface area contributed by atoms with Gasteiger partial charge in [0, 0.05) is 0 Å². The van der Waals surface area contributed by atoms with Crippen LogP contribution in [0.15, 0.2) is 24.4 Å². The van der Waals surface area contributed by atoms with Crippen LogP contribution in [0.1, 0.15) is 23.9 Å². The van der Waals surface area contributed by atoms with E-state index in [1.807, 2.05) is 12.1 Å². The molecular weight excluding hydrogens is 252 g/mol. The van der Waals surface area contributed by atoms with E-state index in [2.05, 4.69) is 4.98 Å². The molecule has 0 aromatic carbocycles. The van der Waals surface area contributed by atoms with Crippen molar-refractivity contribution in [1.82, 2.24) is 9.38 Å². The number of aromatic nitrogens is 2. The van der Waals surface area contributed by atoms with Gasteiger partial charge in [0.25, 0.3) is 0 Å². The molecule has 0 radical (unpaired) electrons. The van der Waals surface area contributed by atoms with Crippen molar-refractivity contribution >= 4 is 15.4 Å². The monoisotopic (exact) mass is 266 g/mol. The molecule has 1 fully saturated rings. The van der Waals surface area contributed by atoms with Crippen LogP contribution in [0.5, 0.6) is 5.88 Å². The number of nitrogens with zero attached hydrogens (tertiary/aromatic N) is 2. The highest BCUT2D eigenvalue weighted by atomic mass is 32.2. The molecule has 1 aliphatic heterocycles. The molecule has 0 amide bonds. The summed E-state index contributed by atoms with van der Waals surface area (Å²) in [5.74, 6) is 1.43. The van der Waals surface area contributed by atoms with E-state index in [-0.39, 0.29) is 5.75 Å². The highest BCUT2D eigenvalue weighted by molar-refractivity contribution is 7.91. The highest BCUT2D eigenvalue weighted by Crippen LogP contribution is 2.35. The minimum atomic E-state index is -3.07. The Hall–Kier alpha value is -1.56. The smallest absolute Gasteiger partial charge is 0.199 e. The lowest BCUT2D eigenvalue weighted by Crippen LogP contribution is -2.12. The average Bonchev–Trinajstić information content (AvgIpc) is 2.91. The molecule has 1 atom stereocenters. The van der Waals surface area contributed by atoms with Crippen LogP contribution >= 0.6 is 0 Å². The molecule has 6 heteroatoms. The van der Waals surface area contributed by atoms with Crippen molar-refractivity contribution in [3.05, 3.63) is 30.2 Å². The molecule has 1 unspecified atom stereocenters. The summed E-state index contributed by atoms with van der Waals surface area (Å²) in [7, 11) is -1.49. The fourth-order valence-corrected chi connectivity index (χ4v) is 4.38. The fourth-order valence-electron chi connectivity index (χ4n) is 2.51. The summed E-state index contributed by atoms with van der Waals surface area (Å²) in [5.41, 5.74) is 0.853. The first-order valence-electron chi connectivity index (χ1n) is 5.85. The first kappa shape index (κ1) is 11.5. The topological polar surface area (TPSA) is 60.7 Å². The summed E-state index contributed by atoms with van der Waals surface area (Å²) in [6, 6.07) is 5.56. The molecule has 2 aromatic heterocycles. The van der Waals surface area contributed by atoms with Crippen molar-refractivity contribution in [2.75, 3.05) is 12.9 Å². The predicted molar refractivity (Wildman–Crippen MR) is 67.5 cm³/mol. The van der Waals surface area contributed by atoms with E-state index in [0.29, 0.717) is 24.5 Å². The van der Waals surface area contributed by atoms with Crippen molar-refractivity contribution < 1.29 is 13.2 Å². The van der Waals surface area contributed by atoms with Gasteiger partial charge < -0.3 is 4.74 Å².